The van der Waals surface area contributed by atoms with Gasteiger partial charge in [-0.2, -0.15) is 0 Å². The fourth-order valence-corrected chi connectivity index (χ4v) is 9.38. The van der Waals surface area contributed by atoms with Crippen LogP contribution in [0.5, 0.6) is 11.5 Å². The molecule has 0 aliphatic heterocycles. The van der Waals surface area contributed by atoms with E-state index in [0.29, 0.717) is 22.8 Å². The summed E-state index contributed by atoms with van der Waals surface area (Å²) in [6.07, 6.45) is 11.1. The smallest absolute Gasteiger partial charge is 0.155 e. The molecule has 6 heterocycles. The van der Waals surface area contributed by atoms with Crippen molar-refractivity contribution in [3.05, 3.63) is 375 Å². The zero-order chi connectivity index (χ0) is 76.5. The average molecular weight is 2400 g/mol. The molecule has 0 fully saturated rings. The molecule has 0 saturated heterocycles. The average Bonchev–Trinajstić information content (AvgIpc) is 0.806. The van der Waals surface area contributed by atoms with E-state index in [4.69, 9.17) is 14.6 Å². The molecule has 0 atom stereocenters. The Bertz CT molecular complexity index is 5070. The van der Waals surface area contributed by atoms with Crippen LogP contribution in [0.3, 0.4) is 0 Å². The summed E-state index contributed by atoms with van der Waals surface area (Å²) < 4.78 is 113. The third-order valence-electron chi connectivity index (χ3n) is 14.4. The van der Waals surface area contributed by atoms with E-state index in [1.165, 1.54) is 81.8 Å². The molecule has 585 valence electrons. The molecule has 12 nitrogen and oxygen atoms in total. The molecular weight excluding hydrogens is 2330 g/mol. The number of methoxy groups -OCH3 is 2. The molecule has 0 aliphatic rings. The summed E-state index contributed by atoms with van der Waals surface area (Å²) in [6.45, 7) is 2.85. The van der Waals surface area contributed by atoms with Crippen LogP contribution in [-0.2, 0) is 105 Å². The molecule has 14 rings (SSSR count). The fraction of sp³-hybridized carbons (Fsp3) is 0.0690. The first-order chi connectivity index (χ1) is 51.7. The first kappa shape index (κ1) is 96.0. The van der Waals surface area contributed by atoms with E-state index in [9.17, 15) is 39.9 Å². The van der Waals surface area contributed by atoms with E-state index < -0.39 is 23.3 Å². The fourth-order valence-electron chi connectivity index (χ4n) is 9.38. The van der Waals surface area contributed by atoms with Gasteiger partial charge in [0.25, 0.3) is 0 Å². The summed E-state index contributed by atoms with van der Waals surface area (Å²) >= 11 is 0. The van der Waals surface area contributed by atoms with Gasteiger partial charge in [-0.15, -0.1) is 144 Å². The molecule has 0 unspecified atom stereocenters. The van der Waals surface area contributed by atoms with E-state index in [1.807, 2.05) is 97.9 Å². The number of ether oxygens (including phenoxy) is 2. The molecule has 0 aliphatic carbocycles. The van der Waals surface area contributed by atoms with Crippen molar-refractivity contribution in [2.24, 2.45) is 0 Å². The van der Waals surface area contributed by atoms with Crippen LogP contribution in [-0.4, -0.2) is 69.1 Å². The number of allylic oxidation sites excluding steroid dienone is 2. The number of hydrogen-bond acceptors (Lipinski definition) is 12. The predicted octanol–water partition coefficient (Wildman–Crippen LogP) is 21.0. The molecule has 0 spiro atoms. The number of halogens is 8. The van der Waals surface area contributed by atoms with Crippen LogP contribution in [0.4, 0.5) is 57.9 Å². The van der Waals surface area contributed by atoms with Crippen molar-refractivity contribution in [2.45, 2.75) is 13.8 Å². The van der Waals surface area contributed by atoms with Gasteiger partial charge in [-0.3, -0.25) is 39.9 Å². The topological polar surface area (TPSA) is 140 Å². The molecule has 14 aromatic rings. The van der Waals surface area contributed by atoms with Gasteiger partial charge in [-0.25, -0.2) is 0 Å². The van der Waals surface area contributed by atoms with E-state index in [2.05, 4.69) is 95.5 Å². The Morgan fingerprint density at radius 1 is 0.348 bits per heavy atom. The minimum absolute atomic E-state index is 0. The molecule has 6 aromatic heterocycles. The Morgan fingerprint density at radius 2 is 0.679 bits per heavy atom. The number of nitrogens with zero attached hydrogens (tertiary/aromatic N) is 8. The van der Waals surface area contributed by atoms with E-state index in [-0.39, 0.29) is 146 Å². The number of ketones is 1. The predicted molar refractivity (Wildman–Crippen MR) is 400 cm³/mol. The molecule has 25 heteroatoms. The number of pyridine rings is 6. The minimum atomic E-state index is -0.694. The van der Waals surface area contributed by atoms with E-state index in [1.54, 1.807) is 105 Å². The number of rotatable bonds is 13. The van der Waals surface area contributed by atoms with Gasteiger partial charge in [0.15, 0.2) is 5.78 Å². The van der Waals surface area contributed by atoms with Gasteiger partial charge in [0.1, 0.15) is 11.5 Å². The molecule has 0 amide bonds. The number of anilines is 4. The van der Waals surface area contributed by atoms with Crippen molar-refractivity contribution in [3.8, 4) is 79.0 Å². The maximum absolute atomic E-state index is 13.4. The zero-order valence-electron chi connectivity index (χ0n) is 60.1. The number of aromatic nitrogens is 6. The maximum Gasteiger partial charge on any atom is 0.155 e. The van der Waals surface area contributed by atoms with Crippen molar-refractivity contribution < 1.29 is 155 Å². The number of para-hydroxylation sites is 2. The first-order valence-corrected chi connectivity index (χ1v) is 32.4. The first-order valence-electron chi connectivity index (χ1n) is 32.4. The second-order valence-electron chi connectivity index (χ2n) is 22.5. The van der Waals surface area contributed by atoms with Gasteiger partial charge in [-0.05, 0) is 121 Å². The van der Waals surface area contributed by atoms with Crippen molar-refractivity contribution in [1.29, 1.82) is 0 Å². The molecule has 1 N–H and O–H groups in total. The van der Waals surface area contributed by atoms with Gasteiger partial charge in [0, 0.05) is 227 Å². The Hall–Kier alpha value is -10.2. The van der Waals surface area contributed by atoms with Gasteiger partial charge in [0.2, 0.25) is 0 Å². The van der Waals surface area contributed by atoms with Crippen LogP contribution in [0.25, 0.3) is 67.5 Å². The molecule has 5 radical (unpaired) electrons. The number of aliphatic hydroxyl groups is 1. The Labute approximate surface area is 713 Å². The van der Waals surface area contributed by atoms with Crippen molar-refractivity contribution in [3.63, 3.8) is 0 Å². The van der Waals surface area contributed by atoms with Crippen molar-refractivity contribution in [2.75, 3.05) is 38.1 Å². The van der Waals surface area contributed by atoms with Gasteiger partial charge in [-0.1, -0.05) is 96.1 Å². The molecule has 0 saturated carbocycles. The molecular formula is C87H66F8Ir5N8O4-6. The second kappa shape index (κ2) is 50.6. The van der Waals surface area contributed by atoms with Crippen LogP contribution < -0.4 is 19.3 Å². The van der Waals surface area contributed by atoms with Crippen LogP contribution >= 0.6 is 0 Å². The monoisotopic (exact) mass is 2400 g/mol. The summed E-state index contributed by atoms with van der Waals surface area (Å²) in [5.74, 6) is -2.60. The zero-order valence-corrected chi connectivity index (χ0v) is 72.1. The Kier molecular flexibility index (Phi) is 43.4. The number of aliphatic hydroxyl groups excluding tert-OH is 1. The molecule has 8 aromatic carbocycles. The Morgan fingerprint density at radius 3 is 1.03 bits per heavy atom. The van der Waals surface area contributed by atoms with Crippen LogP contribution in [0.2, 0.25) is 0 Å². The third kappa shape index (κ3) is 31.5. The minimum Gasteiger partial charge on any atom is -0.512 e. The Balaban J connectivity index is 0.000000344. The standard InChI is InChI=1S/C23H16FN2.C13H12FN2.C12H8F2NO.C12H9FNO.C11H6F2N.C11H7FN.C5H8O2.5Ir/c24-19-13-11-18(12-14-19)23-17-22(15-16-25-23)26(20-7-3-1-4-8-20)21-9-5-2-6-10-21;1-16(2)12-7-8-15-13(9-12)10-3-5-11(14)6-4-10;1-16-9-4-5-15-12(7-9)10-3-2-8(13)6-11(10)14;1-15-11-6-7-14-12(8-11)9-2-4-10(13)5-3-9;12-8-4-5-9(10(13)7-8)11-3-1-2-6-14-11;12-10-6-4-9(5-7-10)11-3-1-2-8-13-11;1-4(6)3-5(2)7;;;;;/h1-11,13-17H;3,5-9H,1-2H3;2,4-7H,1H3;2,4-8H,1H3;1-4,6-7H;1-4,6-8H;3,6H,1-2H3;;;;;/q6*-1;;;;;;. The van der Waals surface area contributed by atoms with Crippen molar-refractivity contribution >= 4 is 28.5 Å². The van der Waals surface area contributed by atoms with Gasteiger partial charge in [0.05, 0.1) is 20.0 Å². The van der Waals surface area contributed by atoms with Gasteiger partial charge < -0.3 is 54.3 Å². The van der Waals surface area contributed by atoms with E-state index in [0.717, 1.165) is 92.1 Å². The van der Waals surface area contributed by atoms with Crippen LogP contribution in [0.15, 0.2) is 292 Å². The molecule has 0 bridgehead atoms. The second-order valence-corrected chi connectivity index (χ2v) is 22.5. The SMILES string of the molecule is CC(=O)C=C(C)O.CN(C)c1ccnc(-c2[c-]cc(F)cc2)c1.COc1ccnc(-c2[c-]cc(F)cc2)c1.COc1ccnc(-c2[c-]cc(F)cc2F)c1.Fc1c[c-]c(-c2cc(N(c3ccccc3)c3ccccc3)ccn2)cc1.Fc1c[c-]c(-c2ccccn2)c(F)c1.Fc1c[c-]c(-c2ccccn2)cc1.[Ir].[Ir].[Ir].[Ir].[Ir]. The summed E-state index contributed by atoms with van der Waals surface area (Å²) in [5.41, 5.74) is 11.4. The number of hydrogen-bond donors (Lipinski definition) is 1. The van der Waals surface area contributed by atoms with E-state index >= 15 is 0 Å². The van der Waals surface area contributed by atoms with Crippen LogP contribution in [0.1, 0.15) is 13.8 Å². The maximum atomic E-state index is 13.4. The van der Waals surface area contributed by atoms with Crippen LogP contribution in [0, 0.1) is 82.9 Å². The summed E-state index contributed by atoms with van der Waals surface area (Å²) in [4.78, 5) is 39.0. The largest absolute Gasteiger partial charge is 0.512 e. The summed E-state index contributed by atoms with van der Waals surface area (Å²) in [7, 11) is 7.03. The number of carbonyl (C=O) groups excluding carboxylic acids is 1. The normalized spacial score (nSPS) is 9.82. The molecule has 112 heavy (non-hydrogen) atoms. The number of carbonyl (C=O) groups is 1. The summed E-state index contributed by atoms with van der Waals surface area (Å²) in [6, 6.07) is 83.4. The van der Waals surface area contributed by atoms with Crippen molar-refractivity contribution in [1.82, 2.24) is 29.9 Å². The summed E-state index contributed by atoms with van der Waals surface area (Å²) in [5, 5.41) is 8.36. The number of benzene rings is 8. The van der Waals surface area contributed by atoms with Gasteiger partial charge >= 0.3 is 0 Å². The third-order valence-corrected chi connectivity index (χ3v) is 14.4. The quantitative estimate of drug-likeness (QED) is 0.0509.